The highest BCUT2D eigenvalue weighted by Gasteiger charge is 2.17. The van der Waals surface area contributed by atoms with E-state index in [9.17, 15) is 5.11 Å². The molecule has 2 rings (SSSR count). The highest BCUT2D eigenvalue weighted by atomic mass is 16.3. The van der Waals surface area contributed by atoms with Crippen molar-refractivity contribution in [1.29, 1.82) is 0 Å². The summed E-state index contributed by atoms with van der Waals surface area (Å²) in [6.07, 6.45) is 5.29. The van der Waals surface area contributed by atoms with Crippen LogP contribution in [0.1, 0.15) is 44.2 Å². The minimum absolute atomic E-state index is 0.334. The van der Waals surface area contributed by atoms with Crippen LogP contribution in [0, 0.1) is 0 Å². The van der Waals surface area contributed by atoms with Gasteiger partial charge in [-0.25, -0.2) is 0 Å². The predicted molar refractivity (Wildman–Crippen MR) is 61.9 cm³/mol. The van der Waals surface area contributed by atoms with Gasteiger partial charge in [0.25, 0.3) is 0 Å². The molecule has 1 aromatic carbocycles. The molecular weight excluding hydrogens is 186 g/mol. The van der Waals surface area contributed by atoms with Crippen molar-refractivity contribution in [3.8, 4) is 5.75 Å². The summed E-state index contributed by atoms with van der Waals surface area (Å²) in [5, 5.41) is 13.0. The van der Waals surface area contributed by atoms with E-state index >= 15 is 0 Å². The molecular formula is C13H19NO. The van der Waals surface area contributed by atoms with Gasteiger partial charge >= 0.3 is 0 Å². The summed E-state index contributed by atoms with van der Waals surface area (Å²) >= 11 is 0. The van der Waals surface area contributed by atoms with Gasteiger partial charge in [0.1, 0.15) is 5.75 Å². The number of phenolic OH excluding ortho intramolecular Hbond substituents is 1. The Kier molecular flexibility index (Phi) is 3.27. The van der Waals surface area contributed by atoms with Crippen LogP contribution in [0.2, 0.25) is 0 Å². The smallest absolute Gasteiger partial charge is 0.115 e. The molecule has 2 nitrogen and oxygen atoms in total. The highest BCUT2D eigenvalue weighted by molar-refractivity contribution is 5.29. The fourth-order valence-corrected chi connectivity index (χ4v) is 2.34. The Morgan fingerprint density at radius 2 is 2.07 bits per heavy atom. The second-order valence-corrected chi connectivity index (χ2v) is 4.46. The largest absolute Gasteiger partial charge is 0.508 e. The van der Waals surface area contributed by atoms with E-state index in [2.05, 4.69) is 18.3 Å². The van der Waals surface area contributed by atoms with Crippen LogP contribution in [0.3, 0.4) is 0 Å². The van der Waals surface area contributed by atoms with Crippen LogP contribution in [-0.2, 0) is 0 Å². The van der Waals surface area contributed by atoms with Gasteiger partial charge in [-0.2, -0.15) is 0 Å². The van der Waals surface area contributed by atoms with Crippen LogP contribution in [-0.4, -0.2) is 11.1 Å². The zero-order chi connectivity index (χ0) is 10.7. The van der Waals surface area contributed by atoms with E-state index < -0.39 is 0 Å². The van der Waals surface area contributed by atoms with Crippen molar-refractivity contribution >= 4 is 0 Å². The minimum atomic E-state index is 0.334. The van der Waals surface area contributed by atoms with Gasteiger partial charge in [0.15, 0.2) is 0 Å². The Morgan fingerprint density at radius 1 is 1.33 bits per heavy atom. The minimum Gasteiger partial charge on any atom is -0.508 e. The molecule has 1 aliphatic carbocycles. The molecule has 82 valence electrons. The lowest BCUT2D eigenvalue weighted by atomic mass is 10.1. The summed E-state index contributed by atoms with van der Waals surface area (Å²) in [7, 11) is 0. The normalized spacial score (nSPS) is 19.3. The summed E-state index contributed by atoms with van der Waals surface area (Å²) < 4.78 is 0. The Morgan fingerprint density at radius 3 is 2.73 bits per heavy atom. The van der Waals surface area contributed by atoms with Crippen molar-refractivity contribution in [2.45, 2.75) is 44.7 Å². The van der Waals surface area contributed by atoms with Crippen molar-refractivity contribution in [3.05, 3.63) is 29.8 Å². The lowest BCUT2D eigenvalue weighted by molar-refractivity contribution is 0.452. The molecule has 0 amide bonds. The average Bonchev–Trinajstić information content (AvgIpc) is 2.70. The molecule has 0 aromatic heterocycles. The molecule has 0 bridgehead atoms. The molecule has 0 spiro atoms. The van der Waals surface area contributed by atoms with Crippen molar-refractivity contribution in [2.75, 3.05) is 0 Å². The predicted octanol–water partition coefficient (Wildman–Crippen LogP) is 2.99. The lowest BCUT2D eigenvalue weighted by Gasteiger charge is -2.19. The van der Waals surface area contributed by atoms with Gasteiger partial charge in [0, 0.05) is 12.1 Å². The molecule has 1 aromatic rings. The maximum atomic E-state index is 9.40. The maximum absolute atomic E-state index is 9.40. The van der Waals surface area contributed by atoms with E-state index in [1.807, 2.05) is 12.1 Å². The summed E-state index contributed by atoms with van der Waals surface area (Å²) in [6.45, 7) is 2.16. The molecule has 15 heavy (non-hydrogen) atoms. The zero-order valence-corrected chi connectivity index (χ0v) is 9.24. The van der Waals surface area contributed by atoms with Gasteiger partial charge in [-0.05, 0) is 37.5 Å². The van der Waals surface area contributed by atoms with Gasteiger partial charge in [-0.1, -0.05) is 25.0 Å². The van der Waals surface area contributed by atoms with Gasteiger partial charge in [-0.15, -0.1) is 0 Å². The first-order valence-corrected chi connectivity index (χ1v) is 5.80. The molecule has 1 saturated carbocycles. The van der Waals surface area contributed by atoms with Crippen molar-refractivity contribution in [2.24, 2.45) is 0 Å². The standard InChI is InChI=1S/C13H19NO/c1-10(14-12-6-2-3-7-12)11-5-4-8-13(15)9-11/h4-5,8-10,12,14-15H,2-3,6-7H2,1H3. The van der Waals surface area contributed by atoms with E-state index in [4.69, 9.17) is 0 Å². The molecule has 0 radical (unpaired) electrons. The quantitative estimate of drug-likeness (QED) is 0.795. The fraction of sp³-hybridized carbons (Fsp3) is 0.538. The van der Waals surface area contributed by atoms with Crippen molar-refractivity contribution < 1.29 is 5.11 Å². The van der Waals surface area contributed by atoms with Crippen LogP contribution in [0.15, 0.2) is 24.3 Å². The molecule has 2 heteroatoms. The number of aromatic hydroxyl groups is 1. The SMILES string of the molecule is CC(NC1CCCC1)c1cccc(O)c1. The summed E-state index contributed by atoms with van der Waals surface area (Å²) in [5.74, 6) is 0.354. The Labute approximate surface area is 91.3 Å². The van der Waals surface area contributed by atoms with Crippen LogP contribution < -0.4 is 5.32 Å². The second-order valence-electron chi connectivity index (χ2n) is 4.46. The van der Waals surface area contributed by atoms with Crippen LogP contribution in [0.4, 0.5) is 0 Å². The molecule has 1 fully saturated rings. The number of rotatable bonds is 3. The average molecular weight is 205 g/mol. The van der Waals surface area contributed by atoms with E-state index in [0.717, 1.165) is 0 Å². The number of hydrogen-bond acceptors (Lipinski definition) is 2. The number of nitrogens with one attached hydrogen (secondary N) is 1. The van der Waals surface area contributed by atoms with E-state index in [0.29, 0.717) is 17.8 Å². The Balaban J connectivity index is 1.97. The molecule has 1 atom stereocenters. The third kappa shape index (κ3) is 2.72. The fourth-order valence-electron chi connectivity index (χ4n) is 2.34. The monoisotopic (exact) mass is 205 g/mol. The maximum Gasteiger partial charge on any atom is 0.115 e. The number of hydrogen-bond donors (Lipinski definition) is 2. The topological polar surface area (TPSA) is 32.3 Å². The first-order chi connectivity index (χ1) is 7.25. The second kappa shape index (κ2) is 4.67. The van der Waals surface area contributed by atoms with E-state index in [1.54, 1.807) is 6.07 Å². The Hall–Kier alpha value is -1.02. The van der Waals surface area contributed by atoms with E-state index in [-0.39, 0.29) is 0 Å². The third-order valence-corrected chi connectivity index (χ3v) is 3.21. The first-order valence-electron chi connectivity index (χ1n) is 5.80. The first kappa shape index (κ1) is 10.5. The number of benzene rings is 1. The molecule has 1 aliphatic rings. The summed E-state index contributed by atoms with van der Waals surface area (Å²) in [5.41, 5.74) is 1.17. The molecule has 1 unspecified atom stereocenters. The van der Waals surface area contributed by atoms with Gasteiger partial charge < -0.3 is 10.4 Å². The molecule has 0 aliphatic heterocycles. The zero-order valence-electron chi connectivity index (χ0n) is 9.24. The van der Waals surface area contributed by atoms with Gasteiger partial charge in [-0.3, -0.25) is 0 Å². The van der Waals surface area contributed by atoms with Crippen molar-refractivity contribution in [1.82, 2.24) is 5.32 Å². The van der Waals surface area contributed by atoms with E-state index in [1.165, 1.54) is 31.2 Å². The molecule has 2 N–H and O–H groups in total. The highest BCUT2D eigenvalue weighted by Crippen LogP contribution is 2.23. The van der Waals surface area contributed by atoms with Crippen LogP contribution in [0.5, 0.6) is 5.75 Å². The molecule has 0 saturated heterocycles. The van der Waals surface area contributed by atoms with Crippen LogP contribution in [0.25, 0.3) is 0 Å². The third-order valence-electron chi connectivity index (χ3n) is 3.21. The Bertz CT molecular complexity index is 318. The van der Waals surface area contributed by atoms with Gasteiger partial charge in [0.05, 0.1) is 0 Å². The molecule has 0 heterocycles. The van der Waals surface area contributed by atoms with Crippen molar-refractivity contribution in [3.63, 3.8) is 0 Å². The lowest BCUT2D eigenvalue weighted by Crippen LogP contribution is -2.28. The van der Waals surface area contributed by atoms with Gasteiger partial charge in [0.2, 0.25) is 0 Å². The summed E-state index contributed by atoms with van der Waals surface area (Å²) in [6, 6.07) is 8.52. The van der Waals surface area contributed by atoms with Crippen LogP contribution >= 0.6 is 0 Å². The number of phenols is 1. The summed E-state index contributed by atoms with van der Waals surface area (Å²) in [4.78, 5) is 0.